The fourth-order valence-electron chi connectivity index (χ4n) is 2.22. The zero-order valence-electron chi connectivity index (χ0n) is 13.2. The van der Waals surface area contributed by atoms with Gasteiger partial charge in [-0.25, -0.2) is 0 Å². The summed E-state index contributed by atoms with van der Waals surface area (Å²) in [6.07, 6.45) is 0. The maximum absolute atomic E-state index is 12.3. The number of anilines is 1. The van der Waals surface area contributed by atoms with Crippen LogP contribution in [0, 0.1) is 0 Å². The molecule has 0 bridgehead atoms. The topological polar surface area (TPSA) is 29.1 Å². The predicted octanol–water partition coefficient (Wildman–Crippen LogP) is 6.54. The van der Waals surface area contributed by atoms with E-state index in [0.717, 1.165) is 21.2 Å². The molecule has 0 atom stereocenters. The van der Waals surface area contributed by atoms with Crippen LogP contribution in [0.5, 0.6) is 0 Å². The molecule has 0 radical (unpaired) electrons. The molecule has 3 rings (SSSR count). The van der Waals surface area contributed by atoms with E-state index < -0.39 is 0 Å². The van der Waals surface area contributed by atoms with Crippen molar-refractivity contribution < 1.29 is 4.79 Å². The molecule has 0 aliphatic heterocycles. The van der Waals surface area contributed by atoms with Crippen LogP contribution < -0.4 is 5.32 Å². The van der Waals surface area contributed by atoms with Crippen molar-refractivity contribution in [3.05, 3.63) is 94.0 Å². The smallest absolute Gasteiger partial charge is 0.255 e. The van der Waals surface area contributed by atoms with Gasteiger partial charge in [0.15, 0.2) is 0 Å². The molecule has 1 N–H and O–H groups in total. The molecule has 0 aromatic heterocycles. The average molecular weight is 388 g/mol. The first-order chi connectivity index (χ1) is 12.1. The molecule has 1 amide bonds. The van der Waals surface area contributed by atoms with Gasteiger partial charge in [-0.2, -0.15) is 0 Å². The predicted molar refractivity (Wildman–Crippen MR) is 107 cm³/mol. The maximum Gasteiger partial charge on any atom is 0.255 e. The van der Waals surface area contributed by atoms with Gasteiger partial charge in [0.05, 0.1) is 0 Å². The quantitative estimate of drug-likeness (QED) is 0.503. The molecule has 0 heterocycles. The third-order valence-electron chi connectivity index (χ3n) is 3.52. The molecular weight excluding hydrogens is 373 g/mol. The molecule has 5 heteroatoms. The maximum atomic E-state index is 12.3. The minimum atomic E-state index is -0.154. The largest absolute Gasteiger partial charge is 0.322 e. The number of hydrogen-bond donors (Lipinski definition) is 1. The van der Waals surface area contributed by atoms with Crippen molar-refractivity contribution in [2.75, 3.05) is 5.32 Å². The van der Waals surface area contributed by atoms with Gasteiger partial charge in [-0.1, -0.05) is 41.4 Å². The second-order valence-corrected chi connectivity index (χ2v) is 7.33. The molecule has 0 aliphatic carbocycles. The van der Waals surface area contributed by atoms with Crippen LogP contribution >= 0.6 is 35.0 Å². The molecular formula is C20H15Cl2NOS. The highest BCUT2D eigenvalue weighted by Gasteiger charge is 2.06. The van der Waals surface area contributed by atoms with E-state index in [2.05, 4.69) is 5.32 Å². The summed E-state index contributed by atoms with van der Waals surface area (Å²) in [5.41, 5.74) is 2.44. The molecule has 3 aromatic rings. The normalized spacial score (nSPS) is 10.5. The van der Waals surface area contributed by atoms with Crippen LogP contribution in [0.2, 0.25) is 10.0 Å². The minimum Gasteiger partial charge on any atom is -0.322 e. The van der Waals surface area contributed by atoms with Gasteiger partial charge in [-0.15, -0.1) is 11.8 Å². The molecule has 0 saturated heterocycles. The number of carbonyl (C=O) groups is 1. The molecule has 126 valence electrons. The number of nitrogens with one attached hydrogen (secondary N) is 1. The SMILES string of the molecule is O=C(Nc1cccc(Cl)c1)c1ccc(CSc2ccc(Cl)cc2)cc1. The summed E-state index contributed by atoms with van der Waals surface area (Å²) in [6.45, 7) is 0. The van der Waals surface area contributed by atoms with Crippen molar-refractivity contribution >= 4 is 46.6 Å². The highest BCUT2D eigenvalue weighted by Crippen LogP contribution is 2.24. The first-order valence-electron chi connectivity index (χ1n) is 7.64. The molecule has 0 saturated carbocycles. The van der Waals surface area contributed by atoms with E-state index in [1.165, 1.54) is 0 Å². The Labute approximate surface area is 161 Å². The highest BCUT2D eigenvalue weighted by molar-refractivity contribution is 7.98. The number of rotatable bonds is 5. The van der Waals surface area contributed by atoms with Gasteiger partial charge >= 0.3 is 0 Å². The van der Waals surface area contributed by atoms with Crippen molar-refractivity contribution in [1.82, 2.24) is 0 Å². The lowest BCUT2D eigenvalue weighted by atomic mass is 10.1. The highest BCUT2D eigenvalue weighted by atomic mass is 35.5. The van der Waals surface area contributed by atoms with Gasteiger partial charge < -0.3 is 5.32 Å². The Morgan fingerprint density at radius 2 is 1.60 bits per heavy atom. The summed E-state index contributed by atoms with van der Waals surface area (Å²) >= 11 is 13.5. The van der Waals surface area contributed by atoms with Gasteiger partial charge in [0.2, 0.25) is 0 Å². The Bertz CT molecular complexity index is 864. The van der Waals surface area contributed by atoms with Crippen LogP contribution in [-0.2, 0) is 5.75 Å². The van der Waals surface area contributed by atoms with E-state index in [4.69, 9.17) is 23.2 Å². The second-order valence-electron chi connectivity index (χ2n) is 5.40. The van der Waals surface area contributed by atoms with Crippen molar-refractivity contribution in [3.63, 3.8) is 0 Å². The summed E-state index contributed by atoms with van der Waals surface area (Å²) in [5, 5.41) is 4.17. The summed E-state index contributed by atoms with van der Waals surface area (Å²) < 4.78 is 0. The lowest BCUT2D eigenvalue weighted by Crippen LogP contribution is -2.11. The van der Waals surface area contributed by atoms with E-state index in [1.54, 1.807) is 36.0 Å². The van der Waals surface area contributed by atoms with E-state index in [-0.39, 0.29) is 5.91 Å². The third kappa shape index (κ3) is 5.27. The Kier molecular flexibility index (Phi) is 6.03. The van der Waals surface area contributed by atoms with E-state index in [9.17, 15) is 4.79 Å². The molecule has 3 aromatic carbocycles. The van der Waals surface area contributed by atoms with Crippen LogP contribution in [0.15, 0.2) is 77.7 Å². The summed E-state index contributed by atoms with van der Waals surface area (Å²) in [4.78, 5) is 13.4. The Morgan fingerprint density at radius 3 is 2.28 bits per heavy atom. The average Bonchev–Trinajstić information content (AvgIpc) is 2.62. The Morgan fingerprint density at radius 1 is 0.880 bits per heavy atom. The summed E-state index contributed by atoms with van der Waals surface area (Å²) in [5.74, 6) is 0.678. The van der Waals surface area contributed by atoms with Gasteiger partial charge in [0, 0.05) is 31.9 Å². The summed E-state index contributed by atoms with van der Waals surface area (Å²) in [6, 6.07) is 22.5. The van der Waals surface area contributed by atoms with Crippen LogP contribution in [0.25, 0.3) is 0 Å². The summed E-state index contributed by atoms with van der Waals surface area (Å²) in [7, 11) is 0. The second kappa shape index (κ2) is 8.43. The monoisotopic (exact) mass is 387 g/mol. The van der Waals surface area contributed by atoms with Crippen LogP contribution in [-0.4, -0.2) is 5.91 Å². The van der Waals surface area contributed by atoms with E-state index in [1.807, 2.05) is 48.5 Å². The molecule has 0 aliphatic rings. The molecule has 25 heavy (non-hydrogen) atoms. The number of halogens is 2. The Balaban J connectivity index is 1.59. The van der Waals surface area contributed by atoms with E-state index in [0.29, 0.717) is 16.3 Å². The molecule has 2 nitrogen and oxygen atoms in total. The first kappa shape index (κ1) is 17.9. The lowest BCUT2D eigenvalue weighted by Gasteiger charge is -2.07. The fourth-order valence-corrected chi connectivity index (χ4v) is 3.39. The zero-order chi connectivity index (χ0) is 17.6. The Hall–Kier alpha value is -1.94. The zero-order valence-corrected chi connectivity index (χ0v) is 15.5. The van der Waals surface area contributed by atoms with Gasteiger partial charge in [0.25, 0.3) is 5.91 Å². The minimum absolute atomic E-state index is 0.154. The first-order valence-corrected chi connectivity index (χ1v) is 9.38. The molecule has 0 fully saturated rings. The lowest BCUT2D eigenvalue weighted by molar-refractivity contribution is 0.102. The third-order valence-corrected chi connectivity index (χ3v) is 5.09. The van der Waals surface area contributed by atoms with Gasteiger partial charge in [-0.05, 0) is 60.2 Å². The number of amides is 1. The number of thioether (sulfide) groups is 1. The van der Waals surface area contributed by atoms with Crippen LogP contribution in [0.4, 0.5) is 5.69 Å². The fraction of sp³-hybridized carbons (Fsp3) is 0.0500. The standard InChI is InChI=1S/C20H15Cl2NOS/c21-16-8-10-19(11-9-16)25-13-14-4-6-15(7-5-14)20(24)23-18-3-1-2-17(22)12-18/h1-12H,13H2,(H,23,24). The van der Waals surface area contributed by atoms with Crippen molar-refractivity contribution in [2.24, 2.45) is 0 Å². The molecule has 0 spiro atoms. The van der Waals surface area contributed by atoms with Crippen molar-refractivity contribution in [2.45, 2.75) is 10.6 Å². The van der Waals surface area contributed by atoms with Crippen LogP contribution in [0.3, 0.4) is 0 Å². The van der Waals surface area contributed by atoms with Crippen LogP contribution in [0.1, 0.15) is 15.9 Å². The number of hydrogen-bond acceptors (Lipinski definition) is 2. The van der Waals surface area contributed by atoms with Gasteiger partial charge in [-0.3, -0.25) is 4.79 Å². The van der Waals surface area contributed by atoms with Crippen molar-refractivity contribution in [1.29, 1.82) is 0 Å². The number of carbonyl (C=O) groups excluding carboxylic acids is 1. The molecule has 0 unspecified atom stereocenters. The van der Waals surface area contributed by atoms with E-state index >= 15 is 0 Å². The van der Waals surface area contributed by atoms with Crippen molar-refractivity contribution in [3.8, 4) is 0 Å². The van der Waals surface area contributed by atoms with Gasteiger partial charge in [0.1, 0.15) is 0 Å². The number of benzene rings is 3.